The zero-order valence-electron chi connectivity index (χ0n) is 15.0. The molecular weight excluding hydrogens is 362 g/mol. The number of hydrogen-bond acceptors (Lipinski definition) is 7. The minimum absolute atomic E-state index is 0.374. The highest BCUT2D eigenvalue weighted by atomic mass is 32.1. The van der Waals surface area contributed by atoms with Crippen LogP contribution in [0.5, 0.6) is 0 Å². The minimum atomic E-state index is -0.374. The number of benzene rings is 2. The van der Waals surface area contributed by atoms with E-state index in [-0.39, 0.29) is 5.97 Å². The second kappa shape index (κ2) is 9.00. The Morgan fingerprint density at radius 3 is 2.67 bits per heavy atom. The smallest absolute Gasteiger partial charge is 0.337 e. The number of esters is 1. The molecule has 0 spiro atoms. The summed E-state index contributed by atoms with van der Waals surface area (Å²) in [6, 6.07) is 14.7. The van der Waals surface area contributed by atoms with E-state index in [0.717, 1.165) is 22.3 Å². The minimum Gasteiger partial charge on any atom is -0.465 e. The van der Waals surface area contributed by atoms with Gasteiger partial charge in [0.05, 0.1) is 28.6 Å². The van der Waals surface area contributed by atoms with E-state index in [1.165, 1.54) is 18.4 Å². The Bertz CT molecular complexity index is 946. The third kappa shape index (κ3) is 4.95. The lowest BCUT2D eigenvalue weighted by molar-refractivity contribution is 0.0601. The van der Waals surface area contributed by atoms with Gasteiger partial charge in [0.2, 0.25) is 5.13 Å². The van der Waals surface area contributed by atoms with Crippen molar-refractivity contribution >= 4 is 44.2 Å². The molecule has 0 aliphatic rings. The quantitative estimate of drug-likeness (QED) is 0.204. The van der Waals surface area contributed by atoms with Gasteiger partial charge in [-0.05, 0) is 42.8 Å². The van der Waals surface area contributed by atoms with Gasteiger partial charge in [0.15, 0.2) is 5.84 Å². The van der Waals surface area contributed by atoms with Crippen molar-refractivity contribution in [1.29, 1.82) is 0 Å². The zero-order valence-corrected chi connectivity index (χ0v) is 15.9. The van der Waals surface area contributed by atoms with Gasteiger partial charge < -0.3 is 4.74 Å². The molecule has 3 rings (SSSR count). The monoisotopic (exact) mass is 381 g/mol. The Kier molecular flexibility index (Phi) is 6.22. The molecule has 0 aliphatic heterocycles. The number of para-hydroxylation sites is 1. The number of rotatable bonds is 6. The van der Waals surface area contributed by atoms with Crippen LogP contribution in [0.1, 0.15) is 30.1 Å². The summed E-state index contributed by atoms with van der Waals surface area (Å²) in [7, 11) is 1.35. The molecule has 0 bridgehead atoms. The zero-order chi connectivity index (χ0) is 19.1. The number of fused-ring (bicyclic) bond motifs is 1. The maximum absolute atomic E-state index is 11.5. The lowest BCUT2D eigenvalue weighted by atomic mass is 10.2. The molecule has 138 valence electrons. The Morgan fingerprint density at radius 1 is 1.19 bits per heavy atom. The summed E-state index contributed by atoms with van der Waals surface area (Å²) in [6.45, 7) is 2.05. The second-order valence-corrected chi connectivity index (χ2v) is 6.63. The fourth-order valence-electron chi connectivity index (χ4n) is 2.28. The van der Waals surface area contributed by atoms with Crippen molar-refractivity contribution < 1.29 is 9.53 Å². The van der Waals surface area contributed by atoms with E-state index in [4.69, 9.17) is 0 Å². The number of nitrogens with zero attached hydrogens (tertiary/aromatic N) is 4. The highest BCUT2D eigenvalue weighted by Gasteiger charge is 2.05. The number of ether oxygens (including phenoxy) is 1. The maximum atomic E-state index is 11.5. The fourth-order valence-corrected chi connectivity index (χ4v) is 3.07. The van der Waals surface area contributed by atoms with Crippen molar-refractivity contribution in [2.75, 3.05) is 12.5 Å². The molecule has 7 nitrogen and oxygen atoms in total. The molecule has 0 aliphatic carbocycles. The first kappa shape index (κ1) is 18.7. The number of hydrogen-bond donors (Lipinski definition) is 1. The van der Waals surface area contributed by atoms with Gasteiger partial charge in [-0.3, -0.25) is 5.43 Å². The first-order valence-electron chi connectivity index (χ1n) is 8.48. The Morgan fingerprint density at radius 2 is 1.96 bits per heavy atom. The number of carbonyl (C=O) groups is 1. The highest BCUT2D eigenvalue weighted by Crippen LogP contribution is 2.27. The molecule has 8 heteroatoms. The summed E-state index contributed by atoms with van der Waals surface area (Å²) in [5.41, 5.74) is 5.08. The van der Waals surface area contributed by atoms with Gasteiger partial charge in [0, 0.05) is 6.42 Å². The van der Waals surface area contributed by atoms with E-state index in [9.17, 15) is 4.79 Å². The normalized spacial score (nSPS) is 11.9. The topological polar surface area (TPSA) is 88.3 Å². The van der Waals surface area contributed by atoms with Crippen LogP contribution in [0.2, 0.25) is 0 Å². The summed E-state index contributed by atoms with van der Waals surface area (Å²) >= 11 is 1.49. The predicted octanol–water partition coefficient (Wildman–Crippen LogP) is 5.39. The van der Waals surface area contributed by atoms with Gasteiger partial charge >= 0.3 is 5.97 Å². The largest absolute Gasteiger partial charge is 0.465 e. The number of amidine groups is 1. The summed E-state index contributed by atoms with van der Waals surface area (Å²) in [4.78, 5) is 15.9. The lowest BCUT2D eigenvalue weighted by Crippen LogP contribution is -2.02. The Balaban J connectivity index is 1.71. The van der Waals surface area contributed by atoms with Crippen LogP contribution in [0.3, 0.4) is 0 Å². The van der Waals surface area contributed by atoms with Crippen molar-refractivity contribution in [2.24, 2.45) is 15.3 Å². The summed E-state index contributed by atoms with van der Waals surface area (Å²) in [6.07, 6.45) is 1.57. The van der Waals surface area contributed by atoms with Gasteiger partial charge in [-0.15, -0.1) is 10.2 Å². The van der Waals surface area contributed by atoms with Crippen LogP contribution in [0, 0.1) is 0 Å². The van der Waals surface area contributed by atoms with Crippen molar-refractivity contribution in [3.05, 3.63) is 54.1 Å². The van der Waals surface area contributed by atoms with Crippen molar-refractivity contribution in [3.8, 4) is 0 Å². The van der Waals surface area contributed by atoms with Gasteiger partial charge in [-0.2, -0.15) is 5.10 Å². The van der Waals surface area contributed by atoms with Crippen LogP contribution in [0.15, 0.2) is 63.9 Å². The van der Waals surface area contributed by atoms with E-state index in [1.54, 1.807) is 24.3 Å². The van der Waals surface area contributed by atoms with Crippen LogP contribution in [-0.4, -0.2) is 23.9 Å². The standard InChI is InChI=1S/C19H19N5O2S/c1-3-6-17(22-21-14-11-9-13(10-12-14)18(25)26-2)23-24-19-20-15-7-4-5-8-16(15)27-19/h4-5,7-12,21H,3,6H2,1-2H3/b22-17+,24-23?. The molecule has 3 aromatic rings. The average molecular weight is 381 g/mol. The van der Waals surface area contributed by atoms with E-state index in [2.05, 4.69) is 30.5 Å². The molecule has 0 saturated heterocycles. The average Bonchev–Trinajstić information content (AvgIpc) is 3.13. The molecule has 0 fully saturated rings. The Hall–Kier alpha value is -3.13. The molecule has 0 unspecified atom stereocenters. The van der Waals surface area contributed by atoms with Crippen molar-refractivity contribution in [3.63, 3.8) is 0 Å². The number of carbonyl (C=O) groups excluding carboxylic acids is 1. The molecule has 0 radical (unpaired) electrons. The molecule has 1 heterocycles. The maximum Gasteiger partial charge on any atom is 0.337 e. The third-order valence-corrected chi connectivity index (χ3v) is 4.55. The van der Waals surface area contributed by atoms with E-state index < -0.39 is 0 Å². The molecule has 0 amide bonds. The number of hydrazone groups is 1. The van der Waals surface area contributed by atoms with Gasteiger partial charge in [0.25, 0.3) is 0 Å². The van der Waals surface area contributed by atoms with Gasteiger partial charge in [-0.25, -0.2) is 9.78 Å². The predicted molar refractivity (Wildman–Crippen MR) is 108 cm³/mol. The van der Waals surface area contributed by atoms with Crippen molar-refractivity contribution in [2.45, 2.75) is 19.8 Å². The molecular formula is C19H19N5O2S. The van der Waals surface area contributed by atoms with Crippen LogP contribution in [0.25, 0.3) is 10.2 Å². The summed E-state index contributed by atoms with van der Waals surface area (Å²) < 4.78 is 5.76. The molecule has 0 saturated carbocycles. The number of nitrogens with one attached hydrogen (secondary N) is 1. The number of azo groups is 1. The first-order valence-corrected chi connectivity index (χ1v) is 9.29. The number of anilines is 1. The third-order valence-electron chi connectivity index (χ3n) is 3.63. The number of methoxy groups -OCH3 is 1. The van der Waals surface area contributed by atoms with Crippen LogP contribution in [0.4, 0.5) is 10.8 Å². The number of thiazole rings is 1. The molecule has 2 aromatic carbocycles. The fraction of sp³-hybridized carbons (Fsp3) is 0.211. The van der Waals surface area contributed by atoms with E-state index in [0.29, 0.717) is 23.0 Å². The second-order valence-electron chi connectivity index (χ2n) is 5.62. The lowest BCUT2D eigenvalue weighted by Gasteiger charge is -2.03. The van der Waals surface area contributed by atoms with E-state index >= 15 is 0 Å². The molecule has 1 N–H and O–H groups in total. The Labute approximate surface area is 160 Å². The van der Waals surface area contributed by atoms with Crippen LogP contribution in [-0.2, 0) is 4.74 Å². The highest BCUT2D eigenvalue weighted by molar-refractivity contribution is 7.21. The van der Waals surface area contributed by atoms with E-state index in [1.807, 2.05) is 31.2 Å². The summed E-state index contributed by atoms with van der Waals surface area (Å²) in [5, 5.41) is 13.4. The molecule has 27 heavy (non-hydrogen) atoms. The van der Waals surface area contributed by atoms with Crippen molar-refractivity contribution in [1.82, 2.24) is 4.98 Å². The SMILES string of the molecule is CCC/C(N=Nc1nc2ccccc2s1)=N\Nc1ccc(C(=O)OC)cc1. The van der Waals surface area contributed by atoms with Gasteiger partial charge in [-0.1, -0.05) is 30.4 Å². The summed E-state index contributed by atoms with van der Waals surface area (Å²) in [5.74, 6) is 0.204. The molecule has 0 atom stereocenters. The molecule has 1 aromatic heterocycles. The first-order chi connectivity index (χ1) is 13.2. The number of aromatic nitrogens is 1. The van der Waals surface area contributed by atoms with Crippen LogP contribution >= 0.6 is 11.3 Å². The van der Waals surface area contributed by atoms with Crippen LogP contribution < -0.4 is 5.43 Å². The van der Waals surface area contributed by atoms with Gasteiger partial charge in [0.1, 0.15) is 0 Å².